The number of aromatic carboxylic acids is 1. The van der Waals surface area contributed by atoms with Crippen LogP contribution < -0.4 is 5.69 Å². The number of imidazole rings is 1. The van der Waals surface area contributed by atoms with Crippen molar-refractivity contribution in [3.8, 4) is 0 Å². The van der Waals surface area contributed by atoms with Crippen LogP contribution in [0.4, 0.5) is 0 Å². The maximum Gasteiger partial charge on any atom is 0.337 e. The Bertz CT molecular complexity index is 680. The largest absolute Gasteiger partial charge is 0.478 e. The lowest BCUT2D eigenvalue weighted by Crippen LogP contribution is -2.25. The molecule has 0 aliphatic carbocycles. The van der Waals surface area contributed by atoms with E-state index in [0.29, 0.717) is 11.2 Å². The molecule has 2 aromatic rings. The third-order valence-electron chi connectivity index (χ3n) is 3.48. The topological polar surface area (TPSA) is 77.1 Å². The van der Waals surface area contributed by atoms with Crippen LogP contribution in [-0.2, 0) is 7.05 Å². The maximum absolute atomic E-state index is 12.3. The highest BCUT2D eigenvalue weighted by molar-refractivity contribution is 5.90. The number of aryl methyl sites for hydroxylation is 1. The van der Waals surface area contributed by atoms with Gasteiger partial charge in [0.2, 0.25) is 0 Å². The van der Waals surface area contributed by atoms with E-state index >= 15 is 0 Å². The lowest BCUT2D eigenvalue weighted by Gasteiger charge is -2.13. The van der Waals surface area contributed by atoms with Gasteiger partial charge in [0.05, 0.1) is 11.1 Å². The summed E-state index contributed by atoms with van der Waals surface area (Å²) in [5.74, 6) is -1.04. The molecule has 0 aromatic carbocycles. The molecule has 2 heterocycles. The van der Waals surface area contributed by atoms with E-state index in [4.69, 9.17) is 5.11 Å². The molecule has 0 bridgehead atoms. The van der Waals surface area contributed by atoms with Gasteiger partial charge in [-0.25, -0.2) is 14.6 Å². The molecule has 0 spiro atoms. The first kappa shape index (κ1) is 13.3. The second-order valence-corrected chi connectivity index (χ2v) is 4.55. The molecule has 6 nitrogen and oxygen atoms in total. The molecule has 0 saturated heterocycles. The van der Waals surface area contributed by atoms with Crippen molar-refractivity contribution in [1.82, 2.24) is 14.1 Å². The molecule has 1 N–H and O–H groups in total. The fraction of sp³-hybridized carbons (Fsp3) is 0.462. The average Bonchev–Trinajstić information content (AvgIpc) is 2.65. The average molecular weight is 263 g/mol. The van der Waals surface area contributed by atoms with Crippen LogP contribution in [0.15, 0.2) is 17.1 Å². The number of fused-ring (bicyclic) bond motifs is 1. The molecule has 0 amide bonds. The highest BCUT2D eigenvalue weighted by Crippen LogP contribution is 2.20. The fourth-order valence-corrected chi connectivity index (χ4v) is 2.33. The quantitative estimate of drug-likeness (QED) is 0.912. The van der Waals surface area contributed by atoms with E-state index < -0.39 is 5.97 Å². The van der Waals surface area contributed by atoms with E-state index in [1.807, 2.05) is 13.8 Å². The maximum atomic E-state index is 12.3. The van der Waals surface area contributed by atoms with Gasteiger partial charge in [0.25, 0.3) is 0 Å². The van der Waals surface area contributed by atoms with Gasteiger partial charge >= 0.3 is 11.7 Å². The van der Waals surface area contributed by atoms with Crippen molar-refractivity contribution >= 4 is 17.1 Å². The zero-order valence-electron chi connectivity index (χ0n) is 11.3. The summed E-state index contributed by atoms with van der Waals surface area (Å²) in [5.41, 5.74) is 1.03. The van der Waals surface area contributed by atoms with Crippen LogP contribution in [0.2, 0.25) is 0 Å². The van der Waals surface area contributed by atoms with Gasteiger partial charge in [0, 0.05) is 19.3 Å². The number of hydrogen-bond acceptors (Lipinski definition) is 3. The van der Waals surface area contributed by atoms with Crippen LogP contribution in [0.3, 0.4) is 0 Å². The van der Waals surface area contributed by atoms with Gasteiger partial charge in [-0.1, -0.05) is 13.8 Å². The Morgan fingerprint density at radius 1 is 1.42 bits per heavy atom. The lowest BCUT2D eigenvalue weighted by molar-refractivity contribution is 0.0696. The van der Waals surface area contributed by atoms with E-state index in [1.54, 1.807) is 11.6 Å². The fourth-order valence-electron chi connectivity index (χ4n) is 2.33. The highest BCUT2D eigenvalue weighted by Gasteiger charge is 2.19. The Morgan fingerprint density at radius 3 is 2.58 bits per heavy atom. The summed E-state index contributed by atoms with van der Waals surface area (Å²) in [4.78, 5) is 27.4. The first-order valence-corrected chi connectivity index (χ1v) is 6.31. The van der Waals surface area contributed by atoms with Crippen molar-refractivity contribution in [2.24, 2.45) is 7.05 Å². The number of aromatic nitrogens is 3. The monoisotopic (exact) mass is 263 g/mol. The van der Waals surface area contributed by atoms with Crippen LogP contribution in [0.25, 0.3) is 11.2 Å². The van der Waals surface area contributed by atoms with E-state index in [2.05, 4.69) is 4.98 Å². The van der Waals surface area contributed by atoms with Crippen molar-refractivity contribution in [3.05, 3.63) is 28.3 Å². The second kappa shape index (κ2) is 4.87. The molecule has 0 fully saturated rings. The summed E-state index contributed by atoms with van der Waals surface area (Å²) in [6.45, 7) is 4.04. The summed E-state index contributed by atoms with van der Waals surface area (Å²) < 4.78 is 3.11. The Kier molecular flexibility index (Phi) is 3.42. The minimum atomic E-state index is -1.04. The van der Waals surface area contributed by atoms with E-state index in [0.717, 1.165) is 12.8 Å². The standard InChI is InChI=1S/C13H17N3O3/c1-4-9(5-2)16-11-10(15(3)13(16)19)6-8(7-14-11)12(17)18/h6-7,9H,4-5H2,1-3H3,(H,17,18). The molecular formula is C13H17N3O3. The van der Waals surface area contributed by atoms with Crippen LogP contribution in [0.5, 0.6) is 0 Å². The van der Waals surface area contributed by atoms with Crippen LogP contribution >= 0.6 is 0 Å². The first-order chi connectivity index (χ1) is 9.01. The number of nitrogens with zero attached hydrogens (tertiary/aromatic N) is 3. The van der Waals surface area contributed by atoms with Crippen molar-refractivity contribution in [3.63, 3.8) is 0 Å². The Labute approximate surface area is 110 Å². The number of rotatable bonds is 4. The molecular weight excluding hydrogens is 246 g/mol. The summed E-state index contributed by atoms with van der Waals surface area (Å²) >= 11 is 0. The third-order valence-corrected chi connectivity index (χ3v) is 3.48. The van der Waals surface area contributed by atoms with Gasteiger partial charge in [0.15, 0.2) is 5.65 Å². The van der Waals surface area contributed by atoms with Gasteiger partial charge in [0.1, 0.15) is 0 Å². The Balaban J connectivity index is 2.77. The number of carboxylic acid groups (broad SMARTS) is 1. The number of carboxylic acids is 1. The first-order valence-electron chi connectivity index (χ1n) is 6.31. The molecule has 6 heteroatoms. The van der Waals surface area contributed by atoms with Gasteiger partial charge in [-0.3, -0.25) is 9.13 Å². The molecule has 0 radical (unpaired) electrons. The molecule has 0 aliphatic rings. The van der Waals surface area contributed by atoms with Crippen molar-refractivity contribution in [2.45, 2.75) is 32.7 Å². The van der Waals surface area contributed by atoms with Crippen LogP contribution in [0, 0.1) is 0 Å². The van der Waals surface area contributed by atoms with Gasteiger partial charge in [-0.15, -0.1) is 0 Å². The third kappa shape index (κ3) is 2.03. The predicted molar refractivity (Wildman–Crippen MR) is 71.6 cm³/mol. The Morgan fingerprint density at radius 2 is 2.05 bits per heavy atom. The van der Waals surface area contributed by atoms with E-state index in [1.165, 1.54) is 16.8 Å². The van der Waals surface area contributed by atoms with Crippen molar-refractivity contribution in [1.29, 1.82) is 0 Å². The molecule has 0 saturated carbocycles. The summed E-state index contributed by atoms with van der Waals surface area (Å²) in [5, 5.41) is 8.98. The highest BCUT2D eigenvalue weighted by atomic mass is 16.4. The SMILES string of the molecule is CCC(CC)n1c(=O)n(C)c2cc(C(=O)O)cnc21. The van der Waals surface area contributed by atoms with E-state index in [-0.39, 0.29) is 17.3 Å². The zero-order valence-corrected chi connectivity index (χ0v) is 11.3. The molecule has 0 unspecified atom stereocenters. The van der Waals surface area contributed by atoms with E-state index in [9.17, 15) is 9.59 Å². The molecule has 2 rings (SSSR count). The predicted octanol–water partition coefficient (Wildman–Crippen LogP) is 1.79. The zero-order chi connectivity index (χ0) is 14.2. The minimum absolute atomic E-state index is 0.0828. The molecule has 102 valence electrons. The molecule has 2 aromatic heterocycles. The molecule has 0 atom stereocenters. The number of hydrogen-bond donors (Lipinski definition) is 1. The minimum Gasteiger partial charge on any atom is -0.478 e. The molecule has 0 aliphatic heterocycles. The van der Waals surface area contributed by atoms with Crippen LogP contribution in [0.1, 0.15) is 43.1 Å². The molecule has 19 heavy (non-hydrogen) atoms. The summed E-state index contributed by atoms with van der Waals surface area (Å²) in [6.07, 6.45) is 2.96. The van der Waals surface area contributed by atoms with Crippen LogP contribution in [-0.4, -0.2) is 25.2 Å². The lowest BCUT2D eigenvalue weighted by atomic mass is 10.1. The normalized spacial score (nSPS) is 11.4. The summed E-state index contributed by atoms with van der Waals surface area (Å²) in [7, 11) is 1.64. The van der Waals surface area contributed by atoms with Gasteiger partial charge < -0.3 is 5.11 Å². The number of pyridine rings is 1. The van der Waals surface area contributed by atoms with Gasteiger partial charge in [-0.05, 0) is 18.9 Å². The van der Waals surface area contributed by atoms with Gasteiger partial charge in [-0.2, -0.15) is 0 Å². The van der Waals surface area contributed by atoms with Crippen molar-refractivity contribution < 1.29 is 9.90 Å². The number of carbonyl (C=O) groups is 1. The smallest absolute Gasteiger partial charge is 0.337 e. The van der Waals surface area contributed by atoms with Crippen molar-refractivity contribution in [2.75, 3.05) is 0 Å². The Hall–Kier alpha value is -2.11. The summed E-state index contributed by atoms with van der Waals surface area (Å²) in [6, 6.07) is 1.57. The second-order valence-electron chi connectivity index (χ2n) is 4.55.